The highest BCUT2D eigenvalue weighted by Gasteiger charge is 2.11. The van der Waals surface area contributed by atoms with E-state index >= 15 is 0 Å². The molecule has 0 amide bonds. The van der Waals surface area contributed by atoms with Crippen molar-refractivity contribution < 1.29 is 9.90 Å². The van der Waals surface area contributed by atoms with Gasteiger partial charge in [-0.25, -0.2) is 0 Å². The number of carboxylic acids is 1. The van der Waals surface area contributed by atoms with Crippen LogP contribution in [0.4, 0.5) is 0 Å². The molecular weight excluding hydrogens is 228 g/mol. The van der Waals surface area contributed by atoms with Crippen molar-refractivity contribution in [3.8, 4) is 0 Å². The molecule has 0 aliphatic heterocycles. The lowest BCUT2D eigenvalue weighted by atomic mass is 10.1. The number of hydrogen-bond acceptors (Lipinski definition) is 2. The Morgan fingerprint density at radius 1 is 1.56 bits per heavy atom. The summed E-state index contributed by atoms with van der Waals surface area (Å²) in [5.41, 5.74) is 1.85. The molecule has 84 valence electrons. The van der Waals surface area contributed by atoms with Crippen molar-refractivity contribution in [3.63, 3.8) is 0 Å². The van der Waals surface area contributed by atoms with Gasteiger partial charge in [-0.2, -0.15) is 5.10 Å². The van der Waals surface area contributed by atoms with Gasteiger partial charge in [-0.1, -0.05) is 23.7 Å². The molecule has 2 aromatic rings. The van der Waals surface area contributed by atoms with Crippen molar-refractivity contribution in [3.05, 3.63) is 28.9 Å². The maximum absolute atomic E-state index is 10.5. The lowest BCUT2D eigenvalue weighted by Gasteiger charge is -1.99. The monoisotopic (exact) mass is 238 g/mol. The van der Waals surface area contributed by atoms with Crippen LogP contribution in [-0.2, 0) is 11.3 Å². The Bertz CT molecular complexity index is 548. The van der Waals surface area contributed by atoms with Gasteiger partial charge >= 0.3 is 5.97 Å². The number of benzene rings is 1. The molecule has 0 fully saturated rings. The lowest BCUT2D eigenvalue weighted by molar-refractivity contribution is -0.137. The van der Waals surface area contributed by atoms with Crippen LogP contribution in [0.1, 0.15) is 12.0 Å². The number of aryl methyl sites for hydroxylation is 2. The highest BCUT2D eigenvalue weighted by molar-refractivity contribution is 6.34. The largest absolute Gasteiger partial charge is 0.481 e. The number of nitrogens with zero attached hydrogens (tertiary/aromatic N) is 2. The SMILES string of the molecule is Cc1cccc2nn(CCC(=O)O)c(Cl)c12. The van der Waals surface area contributed by atoms with E-state index in [-0.39, 0.29) is 6.42 Å². The summed E-state index contributed by atoms with van der Waals surface area (Å²) in [5.74, 6) is -0.854. The van der Waals surface area contributed by atoms with Crippen molar-refractivity contribution in [1.82, 2.24) is 9.78 Å². The predicted octanol–water partition coefficient (Wildman–Crippen LogP) is 2.47. The Hall–Kier alpha value is -1.55. The van der Waals surface area contributed by atoms with Crippen molar-refractivity contribution in [2.45, 2.75) is 19.9 Å². The van der Waals surface area contributed by atoms with Crippen LogP contribution in [0.2, 0.25) is 5.15 Å². The molecule has 1 N–H and O–H groups in total. The summed E-state index contributed by atoms with van der Waals surface area (Å²) in [5, 5.41) is 14.3. The summed E-state index contributed by atoms with van der Waals surface area (Å²) < 4.78 is 1.54. The van der Waals surface area contributed by atoms with Gasteiger partial charge in [-0.15, -0.1) is 0 Å². The number of halogens is 1. The molecular formula is C11H11ClN2O2. The highest BCUT2D eigenvalue weighted by atomic mass is 35.5. The van der Waals surface area contributed by atoms with E-state index in [0.717, 1.165) is 16.5 Å². The van der Waals surface area contributed by atoms with E-state index in [4.69, 9.17) is 16.7 Å². The van der Waals surface area contributed by atoms with Crippen LogP contribution >= 0.6 is 11.6 Å². The molecule has 4 nitrogen and oxygen atoms in total. The molecule has 5 heteroatoms. The van der Waals surface area contributed by atoms with Crippen molar-refractivity contribution in [1.29, 1.82) is 0 Å². The molecule has 0 aliphatic carbocycles. The molecule has 1 aromatic carbocycles. The lowest BCUT2D eigenvalue weighted by Crippen LogP contribution is -2.05. The summed E-state index contributed by atoms with van der Waals surface area (Å²) in [6, 6.07) is 5.73. The van der Waals surface area contributed by atoms with Gasteiger partial charge in [0.05, 0.1) is 18.5 Å². The first-order chi connectivity index (χ1) is 7.59. The number of rotatable bonds is 3. The summed E-state index contributed by atoms with van der Waals surface area (Å²) in [7, 11) is 0. The first-order valence-corrected chi connectivity index (χ1v) is 5.31. The molecule has 0 unspecified atom stereocenters. The number of carboxylic acid groups (broad SMARTS) is 1. The van der Waals surface area contributed by atoms with E-state index in [0.29, 0.717) is 11.7 Å². The molecule has 0 spiro atoms. The molecule has 16 heavy (non-hydrogen) atoms. The van der Waals surface area contributed by atoms with Crippen molar-refractivity contribution in [2.24, 2.45) is 0 Å². The highest BCUT2D eigenvalue weighted by Crippen LogP contribution is 2.26. The van der Waals surface area contributed by atoms with Gasteiger partial charge in [0.2, 0.25) is 0 Å². The standard InChI is InChI=1S/C11H11ClN2O2/c1-7-3-2-4-8-10(7)11(12)14(13-8)6-5-9(15)16/h2-4H,5-6H2,1H3,(H,15,16). The number of fused-ring (bicyclic) bond motifs is 1. The van der Waals surface area contributed by atoms with Crippen LogP contribution in [0.5, 0.6) is 0 Å². The summed E-state index contributed by atoms with van der Waals surface area (Å²) >= 11 is 6.15. The zero-order chi connectivity index (χ0) is 11.7. The van der Waals surface area contributed by atoms with Crippen LogP contribution in [-0.4, -0.2) is 20.9 Å². The van der Waals surface area contributed by atoms with Crippen LogP contribution < -0.4 is 0 Å². The third-order valence-corrected chi connectivity index (χ3v) is 2.83. The van der Waals surface area contributed by atoms with Gasteiger partial charge in [0.15, 0.2) is 0 Å². The molecule has 0 saturated heterocycles. The Labute approximate surface area is 97.4 Å². The van der Waals surface area contributed by atoms with Gasteiger partial charge in [0.1, 0.15) is 5.15 Å². The second kappa shape index (κ2) is 4.14. The molecule has 0 aliphatic rings. The molecule has 2 rings (SSSR count). The molecule has 0 atom stereocenters. The van der Waals surface area contributed by atoms with Crippen LogP contribution in [0.3, 0.4) is 0 Å². The average molecular weight is 239 g/mol. The number of aliphatic carboxylic acids is 1. The molecule has 0 radical (unpaired) electrons. The predicted molar refractivity (Wildman–Crippen MR) is 61.7 cm³/mol. The fourth-order valence-corrected chi connectivity index (χ4v) is 2.02. The van der Waals surface area contributed by atoms with Crippen LogP contribution in [0.25, 0.3) is 10.9 Å². The third-order valence-electron chi connectivity index (χ3n) is 2.45. The Balaban J connectivity index is 2.44. The minimum Gasteiger partial charge on any atom is -0.481 e. The smallest absolute Gasteiger partial charge is 0.305 e. The van der Waals surface area contributed by atoms with E-state index in [2.05, 4.69) is 5.10 Å². The number of hydrogen-bond donors (Lipinski definition) is 1. The van der Waals surface area contributed by atoms with Crippen LogP contribution in [0, 0.1) is 6.92 Å². The first kappa shape index (κ1) is 11.0. The first-order valence-electron chi connectivity index (χ1n) is 4.93. The summed E-state index contributed by atoms with van der Waals surface area (Å²) in [4.78, 5) is 10.5. The summed E-state index contributed by atoms with van der Waals surface area (Å²) in [6.07, 6.45) is 0.0206. The van der Waals surface area contributed by atoms with E-state index in [1.165, 1.54) is 4.68 Å². The third kappa shape index (κ3) is 1.88. The quantitative estimate of drug-likeness (QED) is 0.894. The zero-order valence-electron chi connectivity index (χ0n) is 8.77. The van der Waals surface area contributed by atoms with Gasteiger partial charge in [-0.3, -0.25) is 9.48 Å². The minimum atomic E-state index is -0.854. The Morgan fingerprint density at radius 3 is 2.94 bits per heavy atom. The zero-order valence-corrected chi connectivity index (χ0v) is 9.53. The van der Waals surface area contributed by atoms with Crippen molar-refractivity contribution >= 4 is 28.5 Å². The number of aromatic nitrogens is 2. The van der Waals surface area contributed by atoms with Gasteiger partial charge in [0.25, 0.3) is 0 Å². The van der Waals surface area contributed by atoms with E-state index in [1.807, 2.05) is 25.1 Å². The maximum Gasteiger partial charge on any atom is 0.305 e. The Kier molecular flexibility index (Phi) is 2.83. The van der Waals surface area contributed by atoms with Gasteiger partial charge in [0, 0.05) is 5.39 Å². The summed E-state index contributed by atoms with van der Waals surface area (Å²) in [6.45, 7) is 2.25. The topological polar surface area (TPSA) is 55.1 Å². The van der Waals surface area contributed by atoms with Gasteiger partial charge < -0.3 is 5.11 Å². The fraction of sp³-hybridized carbons (Fsp3) is 0.273. The van der Waals surface area contributed by atoms with Crippen LogP contribution in [0.15, 0.2) is 18.2 Å². The minimum absolute atomic E-state index is 0.0206. The maximum atomic E-state index is 10.5. The second-order valence-electron chi connectivity index (χ2n) is 3.63. The Morgan fingerprint density at radius 2 is 2.31 bits per heavy atom. The normalized spacial score (nSPS) is 10.9. The average Bonchev–Trinajstić information content (AvgIpc) is 2.54. The van der Waals surface area contributed by atoms with E-state index < -0.39 is 5.97 Å². The van der Waals surface area contributed by atoms with Gasteiger partial charge in [-0.05, 0) is 18.6 Å². The van der Waals surface area contributed by atoms with E-state index in [9.17, 15) is 4.79 Å². The molecule has 1 heterocycles. The molecule has 0 saturated carbocycles. The molecule has 0 bridgehead atoms. The van der Waals surface area contributed by atoms with Crippen molar-refractivity contribution in [2.75, 3.05) is 0 Å². The van der Waals surface area contributed by atoms with E-state index in [1.54, 1.807) is 0 Å². The number of carbonyl (C=O) groups is 1. The fourth-order valence-electron chi connectivity index (χ4n) is 1.66. The molecule has 1 aromatic heterocycles. The second-order valence-corrected chi connectivity index (χ2v) is 3.98.